The summed E-state index contributed by atoms with van der Waals surface area (Å²) in [7, 11) is 0. The number of hydrogen-bond donors (Lipinski definition) is 1. The Morgan fingerprint density at radius 3 is 2.69 bits per heavy atom. The largest absolute Gasteiger partial charge is 0.439 e. The fourth-order valence-corrected chi connectivity index (χ4v) is 3.31. The summed E-state index contributed by atoms with van der Waals surface area (Å²) in [5.74, 6) is 0.514. The van der Waals surface area contributed by atoms with Gasteiger partial charge in [0.1, 0.15) is 11.3 Å². The van der Waals surface area contributed by atoms with Gasteiger partial charge in [-0.25, -0.2) is 14.7 Å². The molecule has 1 aromatic carbocycles. The molecule has 0 spiro atoms. The van der Waals surface area contributed by atoms with Crippen LogP contribution in [0.25, 0.3) is 5.57 Å². The SMILES string of the molecule is C=C(C)c1cc(Oc2ccc(N3C(=O)N[C@](C)(CCC)C3=O)cn2)ccc1C#N. The lowest BCUT2D eigenvalue weighted by Gasteiger charge is -2.20. The number of anilines is 1. The van der Waals surface area contributed by atoms with Gasteiger partial charge < -0.3 is 10.1 Å². The zero-order chi connectivity index (χ0) is 21.2. The summed E-state index contributed by atoms with van der Waals surface area (Å²) in [5, 5.41) is 11.9. The van der Waals surface area contributed by atoms with E-state index in [1.807, 2.05) is 13.8 Å². The lowest BCUT2D eigenvalue weighted by Crippen LogP contribution is -2.43. The Labute approximate surface area is 169 Å². The molecule has 7 heteroatoms. The number of nitrogens with zero attached hydrogens (tertiary/aromatic N) is 3. The van der Waals surface area contributed by atoms with Crippen LogP contribution in [0.3, 0.4) is 0 Å². The molecule has 7 nitrogen and oxygen atoms in total. The van der Waals surface area contributed by atoms with Crippen LogP contribution >= 0.6 is 0 Å². The molecular formula is C22H22N4O3. The Bertz CT molecular complexity index is 1020. The lowest BCUT2D eigenvalue weighted by molar-refractivity contribution is -0.121. The number of rotatable bonds is 6. The molecule has 29 heavy (non-hydrogen) atoms. The van der Waals surface area contributed by atoms with E-state index in [0.29, 0.717) is 34.9 Å². The third kappa shape index (κ3) is 3.83. The minimum atomic E-state index is -0.900. The zero-order valence-corrected chi connectivity index (χ0v) is 16.7. The molecule has 2 aromatic rings. The molecule has 0 radical (unpaired) electrons. The maximum Gasteiger partial charge on any atom is 0.329 e. The molecule has 0 aliphatic carbocycles. The molecule has 1 aliphatic heterocycles. The second-order valence-electron chi connectivity index (χ2n) is 7.21. The van der Waals surface area contributed by atoms with E-state index >= 15 is 0 Å². The van der Waals surface area contributed by atoms with Gasteiger partial charge in [-0.05, 0) is 55.7 Å². The Kier molecular flexibility index (Phi) is 5.37. The van der Waals surface area contributed by atoms with Gasteiger partial charge in [0.15, 0.2) is 0 Å². The van der Waals surface area contributed by atoms with Crippen molar-refractivity contribution in [3.8, 4) is 17.7 Å². The second-order valence-corrected chi connectivity index (χ2v) is 7.21. The van der Waals surface area contributed by atoms with Crippen molar-refractivity contribution in [2.24, 2.45) is 0 Å². The van der Waals surface area contributed by atoms with Gasteiger partial charge in [0.2, 0.25) is 5.88 Å². The molecule has 0 bridgehead atoms. The molecule has 1 N–H and O–H groups in total. The number of carbonyl (C=O) groups excluding carboxylic acids is 2. The van der Waals surface area contributed by atoms with E-state index in [1.165, 1.54) is 6.20 Å². The minimum absolute atomic E-state index is 0.294. The van der Waals surface area contributed by atoms with Crippen molar-refractivity contribution in [2.45, 2.75) is 39.2 Å². The van der Waals surface area contributed by atoms with Crippen molar-refractivity contribution < 1.29 is 14.3 Å². The Morgan fingerprint density at radius 2 is 2.10 bits per heavy atom. The van der Waals surface area contributed by atoms with Crippen molar-refractivity contribution >= 4 is 23.2 Å². The predicted molar refractivity (Wildman–Crippen MR) is 110 cm³/mol. The van der Waals surface area contributed by atoms with Crippen molar-refractivity contribution in [3.63, 3.8) is 0 Å². The number of imide groups is 1. The molecule has 1 fully saturated rings. The van der Waals surface area contributed by atoms with Crippen LogP contribution in [0.5, 0.6) is 11.6 Å². The molecule has 1 saturated heterocycles. The zero-order valence-electron chi connectivity index (χ0n) is 16.7. The first kappa shape index (κ1) is 20.1. The topological polar surface area (TPSA) is 95.3 Å². The molecule has 1 aliphatic rings. The van der Waals surface area contributed by atoms with Crippen molar-refractivity contribution in [1.82, 2.24) is 10.3 Å². The Hall–Kier alpha value is -3.66. The molecule has 0 unspecified atom stereocenters. The number of amides is 3. The van der Waals surface area contributed by atoms with Crippen LogP contribution in [-0.4, -0.2) is 22.5 Å². The van der Waals surface area contributed by atoms with E-state index in [0.717, 1.165) is 16.9 Å². The number of pyridine rings is 1. The van der Waals surface area contributed by atoms with Crippen LogP contribution in [0.15, 0.2) is 43.1 Å². The molecule has 0 saturated carbocycles. The highest BCUT2D eigenvalue weighted by Crippen LogP contribution is 2.30. The van der Waals surface area contributed by atoms with Gasteiger partial charge in [-0.15, -0.1) is 0 Å². The van der Waals surface area contributed by atoms with E-state index in [-0.39, 0.29) is 5.91 Å². The molecule has 1 atom stereocenters. The molecule has 3 rings (SSSR count). The van der Waals surface area contributed by atoms with Crippen LogP contribution in [0.4, 0.5) is 10.5 Å². The van der Waals surface area contributed by atoms with Crippen LogP contribution in [-0.2, 0) is 4.79 Å². The van der Waals surface area contributed by atoms with Gasteiger partial charge in [0, 0.05) is 6.07 Å². The van der Waals surface area contributed by atoms with Gasteiger partial charge in [-0.3, -0.25) is 4.79 Å². The summed E-state index contributed by atoms with van der Waals surface area (Å²) < 4.78 is 5.75. The monoisotopic (exact) mass is 390 g/mol. The number of carbonyl (C=O) groups is 2. The number of ether oxygens (including phenoxy) is 1. The first-order valence-electron chi connectivity index (χ1n) is 9.29. The van der Waals surface area contributed by atoms with E-state index in [2.05, 4.69) is 22.9 Å². The smallest absolute Gasteiger partial charge is 0.329 e. The van der Waals surface area contributed by atoms with E-state index in [4.69, 9.17) is 4.74 Å². The lowest BCUT2D eigenvalue weighted by atomic mass is 9.96. The average molecular weight is 390 g/mol. The predicted octanol–water partition coefficient (Wildman–Crippen LogP) is 4.39. The van der Waals surface area contributed by atoms with Crippen LogP contribution in [0.1, 0.15) is 44.7 Å². The molecule has 148 valence electrons. The first-order valence-corrected chi connectivity index (χ1v) is 9.29. The normalized spacial score (nSPS) is 18.3. The number of nitrogens with one attached hydrogen (secondary N) is 1. The third-order valence-corrected chi connectivity index (χ3v) is 4.78. The molecule has 2 heterocycles. The van der Waals surface area contributed by atoms with Crippen molar-refractivity contribution in [2.75, 3.05) is 4.90 Å². The highest BCUT2D eigenvalue weighted by molar-refractivity contribution is 6.23. The van der Waals surface area contributed by atoms with Crippen LogP contribution < -0.4 is 15.0 Å². The summed E-state index contributed by atoms with van der Waals surface area (Å²) in [4.78, 5) is 30.3. The van der Waals surface area contributed by atoms with Crippen molar-refractivity contribution in [1.29, 1.82) is 5.26 Å². The highest BCUT2D eigenvalue weighted by Gasteiger charge is 2.47. The number of urea groups is 1. The number of nitriles is 1. The summed E-state index contributed by atoms with van der Waals surface area (Å²) >= 11 is 0. The summed E-state index contributed by atoms with van der Waals surface area (Å²) in [6, 6.07) is 9.93. The van der Waals surface area contributed by atoms with Gasteiger partial charge in [0.05, 0.1) is 23.5 Å². The van der Waals surface area contributed by atoms with E-state index < -0.39 is 11.6 Å². The summed E-state index contributed by atoms with van der Waals surface area (Å²) in [6.45, 7) is 9.39. The fraction of sp³-hybridized carbons (Fsp3) is 0.273. The van der Waals surface area contributed by atoms with E-state index in [9.17, 15) is 14.9 Å². The number of allylic oxidation sites excluding steroid dienone is 1. The quantitative estimate of drug-likeness (QED) is 0.738. The number of hydrogen-bond acceptors (Lipinski definition) is 5. The molecule has 1 aromatic heterocycles. The van der Waals surface area contributed by atoms with Crippen LogP contribution in [0.2, 0.25) is 0 Å². The number of aromatic nitrogens is 1. The maximum absolute atomic E-state index is 12.7. The van der Waals surface area contributed by atoms with Crippen molar-refractivity contribution in [3.05, 3.63) is 54.2 Å². The fourth-order valence-electron chi connectivity index (χ4n) is 3.31. The average Bonchev–Trinajstić information content (AvgIpc) is 2.91. The molecular weight excluding hydrogens is 368 g/mol. The van der Waals surface area contributed by atoms with Gasteiger partial charge in [-0.1, -0.05) is 19.9 Å². The highest BCUT2D eigenvalue weighted by atomic mass is 16.5. The van der Waals surface area contributed by atoms with Gasteiger partial charge in [0.25, 0.3) is 5.91 Å². The standard InChI is InChI=1S/C22H22N4O3/c1-5-10-22(4)20(27)26(21(28)25-22)16-7-9-19(24-13-16)29-17-8-6-15(12-23)18(11-17)14(2)3/h6-9,11,13H,2,5,10H2,1,3-4H3,(H,25,28)/t22-/m1/s1. The minimum Gasteiger partial charge on any atom is -0.439 e. The maximum atomic E-state index is 12.7. The first-order chi connectivity index (χ1) is 13.8. The van der Waals surface area contributed by atoms with Gasteiger partial charge in [-0.2, -0.15) is 5.26 Å². The van der Waals surface area contributed by atoms with E-state index in [1.54, 1.807) is 37.3 Å². The molecule has 3 amide bonds. The number of benzene rings is 1. The van der Waals surface area contributed by atoms with Crippen LogP contribution in [0, 0.1) is 11.3 Å². The second kappa shape index (κ2) is 7.76. The van der Waals surface area contributed by atoms with Gasteiger partial charge >= 0.3 is 6.03 Å². The third-order valence-electron chi connectivity index (χ3n) is 4.78. The summed E-state index contributed by atoms with van der Waals surface area (Å²) in [6.07, 6.45) is 2.76. The summed E-state index contributed by atoms with van der Waals surface area (Å²) in [5.41, 5.74) is 1.45. The Balaban J connectivity index is 1.80. The Morgan fingerprint density at radius 1 is 1.34 bits per heavy atom.